The highest BCUT2D eigenvalue weighted by Crippen LogP contribution is 2.39. The third kappa shape index (κ3) is 5.61. The second kappa shape index (κ2) is 10.9. The maximum absolute atomic E-state index is 15.5. The number of H-pyrrole nitrogens is 1. The lowest BCUT2D eigenvalue weighted by Gasteiger charge is -2.35. The monoisotopic (exact) mass is 537 g/mol. The van der Waals surface area contributed by atoms with Crippen molar-refractivity contribution in [3.05, 3.63) is 41.1 Å². The number of aromatic nitrogens is 3. The summed E-state index contributed by atoms with van der Waals surface area (Å²) < 4.78 is 21.5. The first-order valence-corrected chi connectivity index (χ1v) is 13.7. The van der Waals surface area contributed by atoms with Gasteiger partial charge in [-0.1, -0.05) is 13.0 Å². The van der Waals surface area contributed by atoms with E-state index in [0.717, 1.165) is 12.8 Å². The molecule has 3 aromatic rings. The maximum Gasteiger partial charge on any atom is 0.255 e. The summed E-state index contributed by atoms with van der Waals surface area (Å²) in [6, 6.07) is 3.35. The molecule has 9 nitrogen and oxygen atoms in total. The number of amides is 2. The van der Waals surface area contributed by atoms with E-state index < -0.39 is 11.9 Å². The number of aliphatic hydroxyl groups excluding tert-OH is 1. The highest BCUT2D eigenvalue weighted by Gasteiger charge is 2.32. The summed E-state index contributed by atoms with van der Waals surface area (Å²) in [4.78, 5) is 37.5. The number of halogens is 1. The first-order valence-electron chi connectivity index (χ1n) is 13.7. The summed E-state index contributed by atoms with van der Waals surface area (Å²) in [6.45, 7) is 7.51. The van der Waals surface area contributed by atoms with Gasteiger partial charge in [0.25, 0.3) is 5.91 Å². The molecule has 0 spiro atoms. The number of aliphatic hydroxyl groups is 1. The van der Waals surface area contributed by atoms with Crippen LogP contribution < -0.4 is 15.4 Å². The van der Waals surface area contributed by atoms with E-state index in [0.29, 0.717) is 71.1 Å². The number of aryl methyl sites for hydroxylation is 2. The molecule has 4 N–H and O–H groups in total. The van der Waals surface area contributed by atoms with E-state index in [2.05, 4.69) is 25.6 Å². The minimum atomic E-state index is -1.05. The highest BCUT2D eigenvalue weighted by molar-refractivity contribution is 6.09. The Morgan fingerprint density at radius 1 is 1.18 bits per heavy atom. The Hall–Kier alpha value is -3.53. The van der Waals surface area contributed by atoms with E-state index in [4.69, 9.17) is 4.74 Å². The van der Waals surface area contributed by atoms with Crippen molar-refractivity contribution in [2.45, 2.75) is 78.0 Å². The van der Waals surface area contributed by atoms with Crippen molar-refractivity contribution < 1.29 is 23.8 Å². The number of aromatic amines is 1. The first-order chi connectivity index (χ1) is 18.6. The number of hydrogen-bond donors (Lipinski definition) is 4. The van der Waals surface area contributed by atoms with E-state index in [1.165, 1.54) is 13.3 Å². The molecule has 2 heterocycles. The van der Waals surface area contributed by atoms with Gasteiger partial charge in [0.05, 0.1) is 23.3 Å². The number of nitrogens with one attached hydrogen (secondary N) is 3. The van der Waals surface area contributed by atoms with Crippen molar-refractivity contribution >= 4 is 22.8 Å². The zero-order valence-corrected chi connectivity index (χ0v) is 22.8. The fourth-order valence-corrected chi connectivity index (χ4v) is 5.39. The van der Waals surface area contributed by atoms with Gasteiger partial charge in [-0.2, -0.15) is 0 Å². The number of fused-ring (bicyclic) bond motifs is 1. The molecule has 0 saturated heterocycles. The van der Waals surface area contributed by atoms with E-state index in [-0.39, 0.29) is 35.4 Å². The molecule has 39 heavy (non-hydrogen) atoms. The standard InChI is InChI=1S/C29H36FN5O4/c1-14-5-10-21(39-12-18-6-7-18)23(24(14)30)26-27-25(31-13-32-26)22(16(3)33-27)29(38)35-20-9-8-19(11-15(20)2)34-28(37)17(4)36/h5,10,13,15,17-20,33,36H,6-9,11-12H2,1-4H3,(H,34,37)(H,35,38)/t15-,17+,19+,20+/m1/s1. The fourth-order valence-electron chi connectivity index (χ4n) is 5.39. The molecule has 0 aliphatic heterocycles. The topological polar surface area (TPSA) is 129 Å². The van der Waals surface area contributed by atoms with E-state index in [1.807, 2.05) is 6.92 Å². The van der Waals surface area contributed by atoms with Gasteiger partial charge < -0.3 is 25.5 Å². The fraction of sp³-hybridized carbons (Fsp3) is 0.517. The minimum Gasteiger partial charge on any atom is -0.492 e. The lowest BCUT2D eigenvalue weighted by molar-refractivity contribution is -0.129. The van der Waals surface area contributed by atoms with Gasteiger partial charge in [0.2, 0.25) is 5.91 Å². The lowest BCUT2D eigenvalue weighted by Crippen LogP contribution is -2.49. The molecule has 2 saturated carbocycles. The van der Waals surface area contributed by atoms with Crippen molar-refractivity contribution in [1.82, 2.24) is 25.6 Å². The molecule has 1 aromatic carbocycles. The largest absolute Gasteiger partial charge is 0.492 e. The molecular formula is C29H36FN5O4. The molecular weight excluding hydrogens is 501 g/mol. The van der Waals surface area contributed by atoms with Crippen LogP contribution in [0.1, 0.15) is 67.6 Å². The van der Waals surface area contributed by atoms with Crippen LogP contribution in [-0.4, -0.2) is 56.7 Å². The van der Waals surface area contributed by atoms with E-state index in [9.17, 15) is 14.7 Å². The number of hydrogen-bond acceptors (Lipinski definition) is 6. The average molecular weight is 538 g/mol. The SMILES string of the molecule is Cc1ccc(OCC2CC2)c(-c2ncnc3c(C(=O)N[C@H]4CC[C@H](NC(=O)[C@H](C)O)C[C@H]4C)c(C)[nH]c23)c1F. The Kier molecular flexibility index (Phi) is 7.57. The quantitative estimate of drug-likeness (QED) is 0.344. The molecule has 208 valence electrons. The van der Waals surface area contributed by atoms with Crippen LogP contribution in [0.2, 0.25) is 0 Å². The predicted octanol–water partition coefficient (Wildman–Crippen LogP) is 3.95. The van der Waals surface area contributed by atoms with Crippen LogP contribution in [0.15, 0.2) is 18.5 Å². The number of carbonyl (C=O) groups is 2. The molecule has 2 aliphatic carbocycles. The second-order valence-corrected chi connectivity index (χ2v) is 11.1. The summed E-state index contributed by atoms with van der Waals surface area (Å²) in [5.74, 6) is -0.00777. The van der Waals surface area contributed by atoms with Gasteiger partial charge in [-0.3, -0.25) is 9.59 Å². The third-order valence-corrected chi connectivity index (χ3v) is 7.92. The predicted molar refractivity (Wildman–Crippen MR) is 145 cm³/mol. The van der Waals surface area contributed by atoms with Crippen molar-refractivity contribution in [1.29, 1.82) is 0 Å². The van der Waals surface area contributed by atoms with Gasteiger partial charge in [-0.05, 0) is 76.3 Å². The highest BCUT2D eigenvalue weighted by atomic mass is 19.1. The smallest absolute Gasteiger partial charge is 0.255 e. The Morgan fingerprint density at radius 2 is 1.95 bits per heavy atom. The number of benzene rings is 1. The number of carbonyl (C=O) groups excluding carboxylic acids is 2. The maximum atomic E-state index is 15.5. The van der Waals surface area contributed by atoms with Crippen molar-refractivity contribution in [3.8, 4) is 17.0 Å². The summed E-state index contributed by atoms with van der Waals surface area (Å²) in [5, 5.41) is 15.5. The summed E-state index contributed by atoms with van der Waals surface area (Å²) in [7, 11) is 0. The molecule has 0 unspecified atom stereocenters. The molecule has 2 aliphatic rings. The number of rotatable bonds is 8. The van der Waals surface area contributed by atoms with Gasteiger partial charge in [-0.25, -0.2) is 14.4 Å². The summed E-state index contributed by atoms with van der Waals surface area (Å²) in [6.07, 6.45) is 4.62. The zero-order valence-electron chi connectivity index (χ0n) is 22.8. The lowest BCUT2D eigenvalue weighted by atomic mass is 9.82. The minimum absolute atomic E-state index is 0.0408. The Balaban J connectivity index is 1.40. The van der Waals surface area contributed by atoms with Gasteiger partial charge in [-0.15, -0.1) is 0 Å². The van der Waals surface area contributed by atoms with Gasteiger partial charge in [0, 0.05) is 17.8 Å². The second-order valence-electron chi connectivity index (χ2n) is 11.1. The van der Waals surface area contributed by atoms with Crippen molar-refractivity contribution in [2.75, 3.05) is 6.61 Å². The molecule has 2 fully saturated rings. The first kappa shape index (κ1) is 27.1. The molecule has 0 bridgehead atoms. The van der Waals surface area contributed by atoms with Crippen LogP contribution in [0.4, 0.5) is 4.39 Å². The third-order valence-electron chi connectivity index (χ3n) is 7.92. The summed E-state index contributed by atoms with van der Waals surface area (Å²) in [5.41, 5.74) is 3.03. The van der Waals surface area contributed by atoms with Crippen LogP contribution in [0, 0.1) is 31.5 Å². The van der Waals surface area contributed by atoms with Crippen molar-refractivity contribution in [2.24, 2.45) is 11.8 Å². The van der Waals surface area contributed by atoms with Crippen LogP contribution in [0.25, 0.3) is 22.3 Å². The molecule has 10 heteroatoms. The zero-order chi connectivity index (χ0) is 27.8. The van der Waals surface area contributed by atoms with Crippen LogP contribution in [0.5, 0.6) is 5.75 Å². The van der Waals surface area contributed by atoms with Gasteiger partial charge in [0.1, 0.15) is 35.2 Å². The molecule has 5 rings (SSSR count). The van der Waals surface area contributed by atoms with Crippen LogP contribution >= 0.6 is 0 Å². The average Bonchev–Trinajstić information content (AvgIpc) is 3.66. The van der Waals surface area contributed by atoms with E-state index in [1.54, 1.807) is 26.0 Å². The Labute approximate surface area is 227 Å². The molecule has 2 aromatic heterocycles. The van der Waals surface area contributed by atoms with Gasteiger partial charge in [0.15, 0.2) is 0 Å². The van der Waals surface area contributed by atoms with E-state index >= 15 is 4.39 Å². The molecule has 4 atom stereocenters. The Bertz CT molecular complexity index is 1400. The molecule has 2 amide bonds. The van der Waals surface area contributed by atoms with Crippen LogP contribution in [-0.2, 0) is 4.79 Å². The van der Waals surface area contributed by atoms with Crippen LogP contribution in [0.3, 0.4) is 0 Å². The number of nitrogens with zero attached hydrogens (tertiary/aromatic N) is 2. The van der Waals surface area contributed by atoms with Gasteiger partial charge >= 0.3 is 0 Å². The number of ether oxygens (including phenoxy) is 1. The van der Waals surface area contributed by atoms with Crippen molar-refractivity contribution in [3.63, 3.8) is 0 Å². The normalized spacial score (nSPS) is 21.9. The molecule has 0 radical (unpaired) electrons. The Morgan fingerprint density at radius 3 is 2.64 bits per heavy atom. The summed E-state index contributed by atoms with van der Waals surface area (Å²) >= 11 is 0.